The molecule has 0 unspecified atom stereocenters. The second-order valence-electron chi connectivity index (χ2n) is 4.31. The van der Waals surface area contributed by atoms with Gasteiger partial charge in [0.15, 0.2) is 0 Å². The average molecular weight is 287 g/mol. The topological polar surface area (TPSA) is 112 Å². The van der Waals surface area contributed by atoms with Crippen molar-refractivity contribution in [2.24, 2.45) is 0 Å². The molecule has 1 aromatic heterocycles. The number of carbonyl (C=O) groups is 2. The molecule has 108 valence electrons. The Labute approximate surface area is 120 Å². The van der Waals surface area contributed by atoms with E-state index in [0.29, 0.717) is 5.69 Å². The van der Waals surface area contributed by atoms with E-state index < -0.39 is 12.0 Å². The number of aryl methyl sites for hydroxylation is 1. The number of carboxylic acids is 1. The van der Waals surface area contributed by atoms with E-state index in [0.717, 1.165) is 11.6 Å². The summed E-state index contributed by atoms with van der Waals surface area (Å²) in [5.74, 6) is -1.49. The van der Waals surface area contributed by atoms with Crippen LogP contribution in [0.3, 0.4) is 0 Å². The fraction of sp³-hybridized carbons (Fsp3) is 0.0714. The smallest absolute Gasteiger partial charge is 0.335 e. The number of hydrogen-bond donors (Lipinski definition) is 4. The van der Waals surface area contributed by atoms with Gasteiger partial charge in [-0.05, 0) is 36.8 Å². The fourth-order valence-electron chi connectivity index (χ4n) is 1.64. The lowest BCUT2D eigenvalue weighted by Crippen LogP contribution is -2.20. The second kappa shape index (κ2) is 5.91. The van der Waals surface area contributed by atoms with Crippen molar-refractivity contribution in [2.75, 3.05) is 10.6 Å². The molecule has 1 heterocycles. The molecular formula is C14H13N3O4. The molecule has 2 rings (SSSR count). The number of carboxylic acid groups (broad SMARTS) is 1. The number of pyridine rings is 1. The van der Waals surface area contributed by atoms with Crippen LogP contribution in [0.1, 0.15) is 15.9 Å². The normalized spacial score (nSPS) is 9.95. The number of benzene rings is 1. The first-order valence-corrected chi connectivity index (χ1v) is 6.02. The van der Waals surface area contributed by atoms with E-state index in [1.54, 1.807) is 12.3 Å². The van der Waals surface area contributed by atoms with Crippen molar-refractivity contribution in [3.8, 4) is 5.75 Å². The highest BCUT2D eigenvalue weighted by Crippen LogP contribution is 2.24. The van der Waals surface area contributed by atoms with E-state index >= 15 is 0 Å². The third kappa shape index (κ3) is 3.47. The Morgan fingerprint density at radius 3 is 2.48 bits per heavy atom. The van der Waals surface area contributed by atoms with Crippen LogP contribution in [0.25, 0.3) is 0 Å². The number of urea groups is 1. The summed E-state index contributed by atoms with van der Waals surface area (Å²) in [5, 5.41) is 23.5. The summed E-state index contributed by atoms with van der Waals surface area (Å²) >= 11 is 0. The molecule has 0 spiro atoms. The molecule has 0 aliphatic heterocycles. The number of nitrogens with zero attached hydrogens (tertiary/aromatic N) is 1. The van der Waals surface area contributed by atoms with Gasteiger partial charge >= 0.3 is 12.0 Å². The van der Waals surface area contributed by atoms with Crippen LogP contribution in [0.5, 0.6) is 5.75 Å². The van der Waals surface area contributed by atoms with Crippen LogP contribution in [0.2, 0.25) is 0 Å². The highest BCUT2D eigenvalue weighted by atomic mass is 16.4. The van der Waals surface area contributed by atoms with Crippen molar-refractivity contribution in [2.45, 2.75) is 6.92 Å². The van der Waals surface area contributed by atoms with Gasteiger partial charge in [-0.3, -0.25) is 4.98 Å². The van der Waals surface area contributed by atoms with Gasteiger partial charge in [-0.2, -0.15) is 0 Å². The Kier molecular flexibility index (Phi) is 4.03. The first kappa shape index (κ1) is 14.3. The lowest BCUT2D eigenvalue weighted by atomic mass is 10.2. The summed E-state index contributed by atoms with van der Waals surface area (Å²) in [4.78, 5) is 26.5. The molecule has 0 radical (unpaired) electrons. The molecule has 2 amide bonds. The molecule has 0 atom stereocenters. The molecule has 0 saturated heterocycles. The number of aromatic carboxylic acids is 1. The maximum absolute atomic E-state index is 11.8. The quantitative estimate of drug-likeness (QED) is 0.648. The van der Waals surface area contributed by atoms with Gasteiger partial charge in [0.25, 0.3) is 0 Å². The van der Waals surface area contributed by atoms with Gasteiger partial charge in [-0.15, -0.1) is 0 Å². The molecule has 21 heavy (non-hydrogen) atoms. The van der Waals surface area contributed by atoms with Gasteiger partial charge in [0.05, 0.1) is 23.1 Å². The lowest BCUT2D eigenvalue weighted by Gasteiger charge is -2.10. The zero-order valence-corrected chi connectivity index (χ0v) is 11.1. The van der Waals surface area contributed by atoms with Crippen molar-refractivity contribution in [3.05, 3.63) is 47.8 Å². The molecule has 0 bridgehead atoms. The Hall–Kier alpha value is -3.09. The van der Waals surface area contributed by atoms with Crippen LogP contribution >= 0.6 is 0 Å². The molecule has 0 fully saturated rings. The maximum atomic E-state index is 11.8. The van der Waals surface area contributed by atoms with Gasteiger partial charge in [0.1, 0.15) is 5.75 Å². The van der Waals surface area contributed by atoms with Gasteiger partial charge in [-0.1, -0.05) is 0 Å². The second-order valence-corrected chi connectivity index (χ2v) is 4.31. The Morgan fingerprint density at radius 2 is 1.86 bits per heavy atom. The Morgan fingerprint density at radius 1 is 1.14 bits per heavy atom. The molecule has 0 aliphatic rings. The van der Waals surface area contributed by atoms with Crippen LogP contribution < -0.4 is 10.6 Å². The van der Waals surface area contributed by atoms with Gasteiger partial charge in [0.2, 0.25) is 0 Å². The predicted octanol–water partition coefficient (Wildman–Crippen LogP) is 2.44. The number of carbonyl (C=O) groups excluding carboxylic acids is 1. The van der Waals surface area contributed by atoms with Gasteiger partial charge in [0, 0.05) is 6.20 Å². The van der Waals surface area contributed by atoms with Crippen molar-refractivity contribution in [3.63, 3.8) is 0 Å². The molecule has 0 aliphatic carbocycles. The van der Waals surface area contributed by atoms with E-state index in [1.165, 1.54) is 18.3 Å². The lowest BCUT2D eigenvalue weighted by molar-refractivity contribution is 0.0696. The van der Waals surface area contributed by atoms with E-state index in [1.807, 2.05) is 6.92 Å². The number of phenolic OH excluding ortho intramolecular Hbond substituents is 1. The monoisotopic (exact) mass is 287 g/mol. The first-order chi connectivity index (χ1) is 9.97. The number of aromatic nitrogens is 1. The number of anilines is 2. The minimum Gasteiger partial charge on any atom is -0.506 e. The number of phenols is 1. The first-order valence-electron chi connectivity index (χ1n) is 6.02. The SMILES string of the molecule is Cc1ccncc1NC(=O)Nc1ccc(C(=O)O)cc1O. The summed E-state index contributed by atoms with van der Waals surface area (Å²) in [6, 6.07) is 4.84. The van der Waals surface area contributed by atoms with Crippen LogP contribution in [-0.2, 0) is 0 Å². The molecule has 2 aromatic rings. The minimum atomic E-state index is -1.16. The van der Waals surface area contributed by atoms with Crippen LogP contribution in [0.15, 0.2) is 36.7 Å². The van der Waals surface area contributed by atoms with Crippen molar-refractivity contribution >= 4 is 23.4 Å². The number of hydrogen-bond acceptors (Lipinski definition) is 4. The molecule has 7 heteroatoms. The summed E-state index contributed by atoms with van der Waals surface area (Å²) in [6.07, 6.45) is 3.11. The van der Waals surface area contributed by atoms with Crippen LogP contribution in [0, 0.1) is 6.92 Å². The third-order valence-corrected chi connectivity index (χ3v) is 2.78. The zero-order chi connectivity index (χ0) is 15.4. The van der Waals surface area contributed by atoms with Gasteiger partial charge < -0.3 is 20.8 Å². The number of aromatic hydroxyl groups is 1. The average Bonchev–Trinajstić information content (AvgIpc) is 2.43. The number of rotatable bonds is 3. The summed E-state index contributed by atoms with van der Waals surface area (Å²) in [6.45, 7) is 1.82. The minimum absolute atomic E-state index is 0.0680. The molecule has 4 N–H and O–H groups in total. The number of nitrogens with one attached hydrogen (secondary N) is 2. The van der Waals surface area contributed by atoms with Crippen LogP contribution in [-0.4, -0.2) is 27.2 Å². The zero-order valence-electron chi connectivity index (χ0n) is 11.1. The molecule has 1 aromatic carbocycles. The molecule has 7 nitrogen and oxygen atoms in total. The van der Waals surface area contributed by atoms with E-state index in [2.05, 4.69) is 15.6 Å². The van der Waals surface area contributed by atoms with Crippen molar-refractivity contribution < 1.29 is 19.8 Å². The van der Waals surface area contributed by atoms with E-state index in [9.17, 15) is 14.7 Å². The Balaban J connectivity index is 2.10. The highest BCUT2D eigenvalue weighted by Gasteiger charge is 2.10. The summed E-state index contributed by atoms with van der Waals surface area (Å²) in [5.41, 5.74) is 1.42. The molecular weight excluding hydrogens is 274 g/mol. The standard InChI is InChI=1S/C14H13N3O4/c1-8-4-5-15-7-11(8)17-14(21)16-10-3-2-9(13(19)20)6-12(10)18/h2-7,18H,1H3,(H,19,20)(H2,16,17,21). The van der Waals surface area contributed by atoms with Gasteiger partial charge in [-0.25, -0.2) is 9.59 Å². The summed E-state index contributed by atoms with van der Waals surface area (Å²) < 4.78 is 0. The predicted molar refractivity (Wildman–Crippen MR) is 76.7 cm³/mol. The Bertz CT molecular complexity index is 700. The highest BCUT2D eigenvalue weighted by molar-refractivity contribution is 6.01. The fourth-order valence-corrected chi connectivity index (χ4v) is 1.64. The molecule has 0 saturated carbocycles. The summed E-state index contributed by atoms with van der Waals surface area (Å²) in [7, 11) is 0. The maximum Gasteiger partial charge on any atom is 0.335 e. The van der Waals surface area contributed by atoms with E-state index in [4.69, 9.17) is 5.11 Å². The van der Waals surface area contributed by atoms with Crippen molar-refractivity contribution in [1.29, 1.82) is 0 Å². The largest absolute Gasteiger partial charge is 0.506 e. The number of amides is 2. The van der Waals surface area contributed by atoms with E-state index in [-0.39, 0.29) is 17.0 Å². The van der Waals surface area contributed by atoms with Crippen LogP contribution in [0.4, 0.5) is 16.2 Å². The van der Waals surface area contributed by atoms with Crippen molar-refractivity contribution in [1.82, 2.24) is 4.98 Å². The third-order valence-electron chi connectivity index (χ3n) is 2.78.